The zero-order valence-corrected chi connectivity index (χ0v) is 25.5. The van der Waals surface area contributed by atoms with E-state index in [1.54, 1.807) is 52.8 Å². The first-order valence-electron chi connectivity index (χ1n) is 13.4. The maximum absolute atomic E-state index is 13.7. The van der Waals surface area contributed by atoms with E-state index in [1.807, 2.05) is 6.92 Å². The predicted octanol–water partition coefficient (Wildman–Crippen LogP) is 7.28. The van der Waals surface area contributed by atoms with Crippen LogP contribution in [0.2, 0.25) is 5.02 Å². The maximum Gasteiger partial charge on any atom is 0.417 e. The molecule has 0 saturated carbocycles. The highest BCUT2D eigenvalue weighted by molar-refractivity contribution is 7.85. The Morgan fingerprint density at radius 2 is 1.67 bits per heavy atom. The van der Waals surface area contributed by atoms with Gasteiger partial charge < -0.3 is 9.80 Å². The molecule has 4 aromatic rings. The third-order valence-corrected chi connectivity index (χ3v) is 8.87. The smallest absolute Gasteiger partial charge is 0.329 e. The molecule has 1 N–H and O–H groups in total. The molecule has 15 heteroatoms. The second kappa shape index (κ2) is 11.4. The average molecular weight is 672 g/mol. The van der Waals surface area contributed by atoms with Crippen molar-refractivity contribution in [1.29, 1.82) is 0 Å². The molecule has 7 nitrogen and oxygen atoms in total. The Bertz CT molecular complexity index is 1980. The molecule has 0 saturated heterocycles. The summed E-state index contributed by atoms with van der Waals surface area (Å²) in [5, 5.41) is -0.440. The van der Waals surface area contributed by atoms with Crippen LogP contribution in [0.1, 0.15) is 29.4 Å². The monoisotopic (exact) mass is 671 g/mol. The lowest BCUT2D eigenvalue weighted by atomic mass is 10.1. The number of halogens is 7. The van der Waals surface area contributed by atoms with Gasteiger partial charge in [0.1, 0.15) is 17.3 Å². The van der Waals surface area contributed by atoms with Crippen LogP contribution < -0.4 is 14.4 Å². The lowest BCUT2D eigenvalue weighted by Gasteiger charge is -2.20. The second-order valence-electron chi connectivity index (χ2n) is 10.3. The van der Waals surface area contributed by atoms with E-state index in [0.717, 1.165) is 18.2 Å². The minimum atomic E-state index is -4.65. The number of hydrogen-bond donors (Lipinski definition) is 1. The van der Waals surface area contributed by atoms with Crippen LogP contribution in [0.15, 0.2) is 77.5 Å². The molecule has 5 rings (SSSR count). The molecule has 0 bridgehead atoms. The Morgan fingerprint density at radius 1 is 0.978 bits per heavy atom. The molecule has 0 unspecified atom stereocenters. The number of allylic oxidation sites excluding steroid dienone is 2. The van der Waals surface area contributed by atoms with E-state index in [-0.39, 0.29) is 28.2 Å². The standard InChI is InChI=1S/C30H25ClF6N4O3S/c1-4-40-25-16-21(31)20(30(35,36)37)15-23(25)39(3)27(40)10-7-11-28-38(2)22-13-12-19(29(32,33)34)14-24(22)41(28)17-18-8-5-6-9-26(18)45(42,43)44/h5-16H,4,17H2,1-3H3/p+1. The van der Waals surface area contributed by atoms with Gasteiger partial charge in [0.2, 0.25) is 0 Å². The van der Waals surface area contributed by atoms with Gasteiger partial charge in [-0.15, -0.1) is 0 Å². The highest BCUT2D eigenvalue weighted by atomic mass is 35.5. The quantitative estimate of drug-likeness (QED) is 0.133. The fourth-order valence-corrected chi connectivity index (χ4v) is 6.47. The summed E-state index contributed by atoms with van der Waals surface area (Å²) in [7, 11) is -1.42. The van der Waals surface area contributed by atoms with Gasteiger partial charge in [-0.2, -0.15) is 34.8 Å². The summed E-state index contributed by atoms with van der Waals surface area (Å²) in [4.78, 5) is 2.95. The molecule has 2 heterocycles. The molecule has 1 aromatic heterocycles. The van der Waals surface area contributed by atoms with Gasteiger partial charge in [-0.05, 0) is 43.3 Å². The van der Waals surface area contributed by atoms with Crippen molar-refractivity contribution in [2.75, 3.05) is 23.4 Å². The molecule has 1 aliphatic rings. The Morgan fingerprint density at radius 3 is 2.29 bits per heavy atom. The van der Waals surface area contributed by atoms with Crippen molar-refractivity contribution >= 4 is 50.2 Å². The molecule has 1 aliphatic heterocycles. The number of rotatable bonds is 6. The van der Waals surface area contributed by atoms with Crippen molar-refractivity contribution in [1.82, 2.24) is 4.57 Å². The topological polar surface area (TPSA) is 69.7 Å². The largest absolute Gasteiger partial charge is 0.417 e. The van der Waals surface area contributed by atoms with Crippen LogP contribution in [-0.4, -0.2) is 31.1 Å². The summed E-state index contributed by atoms with van der Waals surface area (Å²) < 4.78 is 119. The van der Waals surface area contributed by atoms with Gasteiger partial charge >= 0.3 is 12.4 Å². The van der Waals surface area contributed by atoms with E-state index in [0.29, 0.717) is 29.4 Å². The highest BCUT2D eigenvalue weighted by Crippen LogP contribution is 2.47. The molecule has 3 aromatic carbocycles. The van der Waals surface area contributed by atoms with Gasteiger partial charge in [0.05, 0.1) is 34.6 Å². The summed E-state index contributed by atoms with van der Waals surface area (Å²) in [5.41, 5.74) is -0.413. The number of alkyl halides is 6. The van der Waals surface area contributed by atoms with E-state index in [4.69, 9.17) is 11.6 Å². The number of fused-ring (bicyclic) bond motifs is 2. The molecule has 0 aliphatic carbocycles. The third kappa shape index (κ3) is 6.01. The first kappa shape index (κ1) is 32.4. The normalized spacial score (nSPS) is 15.2. The Hall–Kier alpha value is -4.01. The minimum absolute atomic E-state index is 0.142. The molecule has 0 amide bonds. The number of hydrogen-bond acceptors (Lipinski definition) is 4. The summed E-state index contributed by atoms with van der Waals surface area (Å²) in [6, 6.07) is 11.0. The number of benzene rings is 3. The van der Waals surface area contributed by atoms with Gasteiger partial charge in [-0.25, -0.2) is 9.13 Å². The van der Waals surface area contributed by atoms with E-state index in [2.05, 4.69) is 0 Å². The molecule has 0 fully saturated rings. The van der Waals surface area contributed by atoms with Crippen molar-refractivity contribution < 1.29 is 43.9 Å². The van der Waals surface area contributed by atoms with Crippen LogP contribution in [0, 0.1) is 0 Å². The van der Waals surface area contributed by atoms with Crippen molar-refractivity contribution in [2.24, 2.45) is 7.05 Å². The van der Waals surface area contributed by atoms with Crippen LogP contribution in [0.5, 0.6) is 0 Å². The molecule has 0 atom stereocenters. The lowest BCUT2D eigenvalue weighted by Crippen LogP contribution is -2.31. The maximum atomic E-state index is 13.7. The number of imidazole rings is 1. The van der Waals surface area contributed by atoms with E-state index in [9.17, 15) is 39.3 Å². The Kier molecular flexibility index (Phi) is 8.21. The van der Waals surface area contributed by atoms with Crippen molar-refractivity contribution in [2.45, 2.75) is 30.7 Å². The third-order valence-electron chi connectivity index (χ3n) is 7.60. The molecule has 0 spiro atoms. The van der Waals surface area contributed by atoms with Gasteiger partial charge in [-0.3, -0.25) is 4.55 Å². The van der Waals surface area contributed by atoms with Crippen molar-refractivity contribution in [3.8, 4) is 0 Å². The summed E-state index contributed by atoms with van der Waals surface area (Å²) in [6.45, 7) is 1.99. The molecule has 238 valence electrons. The Balaban J connectivity index is 1.64. The number of anilines is 2. The average Bonchev–Trinajstić information content (AvgIpc) is 3.35. The van der Waals surface area contributed by atoms with E-state index < -0.39 is 38.6 Å². The fraction of sp³-hybridized carbons (Fsp3) is 0.233. The summed E-state index contributed by atoms with van der Waals surface area (Å²) >= 11 is 5.99. The Labute approximate surface area is 259 Å². The first-order valence-corrected chi connectivity index (χ1v) is 15.2. The number of nitrogens with zero attached hydrogens (tertiary/aromatic N) is 4. The summed E-state index contributed by atoms with van der Waals surface area (Å²) in [5.74, 6) is 0.885. The SMILES string of the molecule is CCN1/C(=C\C=C\c2n(Cc3ccccc3S(=O)(=O)O)c3cc(C(F)(F)F)ccc3[n+]2C)N(C)c2cc(C(F)(F)F)c(Cl)cc21. The zero-order chi connectivity index (χ0) is 33.1. The molecular formula is C30H26ClF6N4O3S+. The van der Waals surface area contributed by atoms with Crippen LogP contribution in [0.4, 0.5) is 37.7 Å². The number of aromatic nitrogens is 2. The number of aryl methyl sites for hydroxylation is 1. The van der Waals surface area contributed by atoms with Crippen LogP contribution in [0.3, 0.4) is 0 Å². The molecule has 45 heavy (non-hydrogen) atoms. The molecular weight excluding hydrogens is 646 g/mol. The molecule has 0 radical (unpaired) electrons. The van der Waals surface area contributed by atoms with Gasteiger partial charge in [-0.1, -0.05) is 35.9 Å². The predicted molar refractivity (Wildman–Crippen MR) is 158 cm³/mol. The summed E-state index contributed by atoms with van der Waals surface area (Å²) in [6.07, 6.45) is -4.47. The van der Waals surface area contributed by atoms with Gasteiger partial charge in [0.25, 0.3) is 15.9 Å². The zero-order valence-electron chi connectivity index (χ0n) is 23.9. The minimum Gasteiger partial charge on any atom is -0.329 e. The van der Waals surface area contributed by atoms with Gasteiger partial charge in [0.15, 0.2) is 11.0 Å². The van der Waals surface area contributed by atoms with Crippen LogP contribution in [0.25, 0.3) is 17.1 Å². The first-order chi connectivity index (χ1) is 20.9. The van der Waals surface area contributed by atoms with Gasteiger partial charge in [0, 0.05) is 31.3 Å². The van der Waals surface area contributed by atoms with Crippen LogP contribution >= 0.6 is 11.6 Å². The second-order valence-corrected chi connectivity index (χ2v) is 12.1. The van der Waals surface area contributed by atoms with E-state index in [1.165, 1.54) is 34.9 Å². The van der Waals surface area contributed by atoms with Crippen LogP contribution in [-0.2, 0) is 36.1 Å². The van der Waals surface area contributed by atoms with Crippen molar-refractivity contribution in [3.05, 3.63) is 100 Å². The highest BCUT2D eigenvalue weighted by Gasteiger charge is 2.38. The van der Waals surface area contributed by atoms with Crippen molar-refractivity contribution in [3.63, 3.8) is 0 Å². The lowest BCUT2D eigenvalue weighted by molar-refractivity contribution is -0.647. The fourth-order valence-electron chi connectivity index (χ4n) is 5.49. The van der Waals surface area contributed by atoms with E-state index >= 15 is 0 Å².